The van der Waals surface area contributed by atoms with Gasteiger partial charge in [-0.1, -0.05) is 6.07 Å². The van der Waals surface area contributed by atoms with Crippen molar-refractivity contribution < 1.29 is 19.1 Å². The summed E-state index contributed by atoms with van der Waals surface area (Å²) >= 11 is 0. The van der Waals surface area contributed by atoms with Crippen LogP contribution < -0.4 is 9.47 Å². The van der Waals surface area contributed by atoms with Crippen molar-refractivity contribution >= 4 is 11.7 Å². The predicted octanol–water partition coefficient (Wildman–Crippen LogP) is 3.34. The molecule has 1 fully saturated rings. The number of ketones is 1. The Kier molecular flexibility index (Phi) is 7.05. The van der Waals surface area contributed by atoms with Gasteiger partial charge in [0.15, 0.2) is 5.78 Å². The minimum absolute atomic E-state index is 0.110. The maximum Gasteiger partial charge on any atom is 0.261 e. The Morgan fingerprint density at radius 3 is 2.06 bits per heavy atom. The normalized spacial score (nSPS) is 14.7. The van der Waals surface area contributed by atoms with Crippen LogP contribution in [0.2, 0.25) is 0 Å². The molecule has 2 aromatic rings. The largest absolute Gasteiger partial charge is 0.496 e. The van der Waals surface area contributed by atoms with Crippen LogP contribution in [0.1, 0.15) is 52.0 Å². The van der Waals surface area contributed by atoms with Gasteiger partial charge in [0, 0.05) is 49.2 Å². The number of hydrogen-bond donors (Lipinski definition) is 0. The summed E-state index contributed by atoms with van der Waals surface area (Å²) in [7, 11) is 3.09. The van der Waals surface area contributed by atoms with Crippen molar-refractivity contribution in [3.8, 4) is 11.5 Å². The van der Waals surface area contributed by atoms with E-state index in [0.717, 1.165) is 17.0 Å². The van der Waals surface area contributed by atoms with Gasteiger partial charge in [0.2, 0.25) is 0 Å². The molecule has 2 heterocycles. The third kappa shape index (κ3) is 4.61. The fraction of sp³-hybridized carbons (Fsp3) is 0.500. The molecule has 7 nitrogen and oxygen atoms in total. The number of hydrogen-bond acceptors (Lipinski definition) is 5. The molecule has 0 unspecified atom stereocenters. The molecule has 0 bridgehead atoms. The monoisotopic (exact) mass is 427 g/mol. The molecule has 1 amide bonds. The number of Topliss-reactive ketones (excluding diaryl/α,β-unsaturated/α-hetero) is 1. The maximum absolute atomic E-state index is 13.1. The average molecular weight is 428 g/mol. The molecule has 1 aromatic carbocycles. The van der Waals surface area contributed by atoms with Crippen LogP contribution in [0.25, 0.3) is 0 Å². The molecule has 3 rings (SSSR count). The van der Waals surface area contributed by atoms with Crippen molar-refractivity contribution in [2.45, 2.75) is 33.7 Å². The lowest BCUT2D eigenvalue weighted by atomic mass is 10.1. The second-order valence-electron chi connectivity index (χ2n) is 8.28. The van der Waals surface area contributed by atoms with Gasteiger partial charge >= 0.3 is 0 Å². The van der Waals surface area contributed by atoms with Gasteiger partial charge in [0.25, 0.3) is 5.91 Å². The van der Waals surface area contributed by atoms with Crippen LogP contribution in [0.15, 0.2) is 24.3 Å². The highest BCUT2D eigenvalue weighted by molar-refractivity contribution is 6.00. The van der Waals surface area contributed by atoms with Crippen LogP contribution in [-0.2, 0) is 0 Å². The number of benzene rings is 1. The molecule has 0 aliphatic carbocycles. The van der Waals surface area contributed by atoms with Gasteiger partial charge in [-0.05, 0) is 45.9 Å². The first-order valence-corrected chi connectivity index (χ1v) is 10.7. The van der Waals surface area contributed by atoms with E-state index in [9.17, 15) is 9.59 Å². The fourth-order valence-corrected chi connectivity index (χ4v) is 4.47. The van der Waals surface area contributed by atoms with Crippen LogP contribution in [0.5, 0.6) is 11.5 Å². The van der Waals surface area contributed by atoms with Crippen LogP contribution >= 0.6 is 0 Å². The lowest BCUT2D eigenvalue weighted by Crippen LogP contribution is -2.50. The predicted molar refractivity (Wildman–Crippen MR) is 121 cm³/mol. The number of aryl methyl sites for hydroxylation is 1. The Balaban J connectivity index is 1.65. The molecule has 1 aliphatic rings. The summed E-state index contributed by atoms with van der Waals surface area (Å²) in [6.45, 7) is 11.1. The summed E-state index contributed by atoms with van der Waals surface area (Å²) in [6, 6.07) is 7.64. The highest BCUT2D eigenvalue weighted by Crippen LogP contribution is 2.30. The number of carbonyl (C=O) groups is 2. The molecule has 31 heavy (non-hydrogen) atoms. The second-order valence-corrected chi connectivity index (χ2v) is 8.28. The minimum Gasteiger partial charge on any atom is -0.496 e. The Morgan fingerprint density at radius 2 is 1.58 bits per heavy atom. The molecular weight excluding hydrogens is 394 g/mol. The number of rotatable bonds is 7. The second kappa shape index (κ2) is 9.56. The lowest BCUT2D eigenvalue weighted by Gasteiger charge is -2.34. The highest BCUT2D eigenvalue weighted by atomic mass is 16.5. The van der Waals surface area contributed by atoms with Crippen LogP contribution in [-0.4, -0.2) is 73.0 Å². The lowest BCUT2D eigenvalue weighted by molar-refractivity contribution is 0.0618. The number of nitrogens with zero attached hydrogens (tertiary/aromatic N) is 3. The molecule has 1 saturated heterocycles. The van der Waals surface area contributed by atoms with E-state index in [4.69, 9.17) is 9.47 Å². The summed E-state index contributed by atoms with van der Waals surface area (Å²) in [5.41, 5.74) is 3.37. The van der Waals surface area contributed by atoms with Crippen molar-refractivity contribution in [2.24, 2.45) is 0 Å². The third-order valence-corrected chi connectivity index (χ3v) is 5.97. The van der Waals surface area contributed by atoms with E-state index >= 15 is 0 Å². The number of carbonyl (C=O) groups excluding carboxylic acids is 2. The van der Waals surface area contributed by atoms with Crippen molar-refractivity contribution in [3.05, 3.63) is 46.8 Å². The molecule has 1 aromatic heterocycles. The molecule has 0 saturated carbocycles. The number of amides is 1. The van der Waals surface area contributed by atoms with Gasteiger partial charge in [0.05, 0.1) is 20.8 Å². The van der Waals surface area contributed by atoms with Crippen molar-refractivity contribution in [1.29, 1.82) is 0 Å². The zero-order chi connectivity index (χ0) is 22.7. The van der Waals surface area contributed by atoms with Gasteiger partial charge in [-0.2, -0.15) is 0 Å². The van der Waals surface area contributed by atoms with E-state index in [0.29, 0.717) is 55.8 Å². The fourth-order valence-electron chi connectivity index (χ4n) is 4.47. The molecular formula is C24H33N3O4. The molecule has 0 spiro atoms. The first-order chi connectivity index (χ1) is 14.8. The van der Waals surface area contributed by atoms with Gasteiger partial charge in [-0.15, -0.1) is 0 Å². The molecule has 1 aliphatic heterocycles. The topological polar surface area (TPSA) is 64.0 Å². The van der Waals surface area contributed by atoms with Crippen LogP contribution in [0.3, 0.4) is 0 Å². The van der Waals surface area contributed by atoms with Crippen LogP contribution in [0, 0.1) is 13.8 Å². The van der Waals surface area contributed by atoms with E-state index < -0.39 is 0 Å². The molecule has 0 N–H and O–H groups in total. The Morgan fingerprint density at radius 1 is 1.00 bits per heavy atom. The number of methoxy groups -OCH3 is 2. The zero-order valence-corrected chi connectivity index (χ0v) is 19.4. The summed E-state index contributed by atoms with van der Waals surface area (Å²) in [5, 5.41) is 0. The Hall–Kier alpha value is -2.80. The zero-order valence-electron chi connectivity index (χ0n) is 19.4. The van der Waals surface area contributed by atoms with Gasteiger partial charge in [-0.3, -0.25) is 14.5 Å². The minimum atomic E-state index is -0.110. The number of piperazine rings is 1. The summed E-state index contributed by atoms with van der Waals surface area (Å²) < 4.78 is 13.0. The van der Waals surface area contributed by atoms with E-state index in [1.165, 1.54) is 0 Å². The average Bonchev–Trinajstić information content (AvgIpc) is 3.07. The Labute approximate surface area is 184 Å². The van der Waals surface area contributed by atoms with Crippen LogP contribution in [0.4, 0.5) is 0 Å². The van der Waals surface area contributed by atoms with Crippen molar-refractivity contribution in [1.82, 2.24) is 14.4 Å². The van der Waals surface area contributed by atoms with E-state index in [1.807, 2.05) is 19.9 Å². The standard InChI is InChI=1S/C24H33N3O4/c1-16(2)27-17(3)14-19(18(27)4)20(28)15-25-10-12-26(13-11-25)24(29)23-21(30-5)8-7-9-22(23)31-6/h7-9,14,16H,10-13,15H2,1-6H3. The van der Waals surface area contributed by atoms with Gasteiger partial charge in [0.1, 0.15) is 17.1 Å². The quantitative estimate of drug-likeness (QED) is 0.634. The molecule has 0 radical (unpaired) electrons. The maximum atomic E-state index is 13.1. The van der Waals surface area contributed by atoms with Gasteiger partial charge < -0.3 is 18.9 Å². The molecule has 0 atom stereocenters. The smallest absolute Gasteiger partial charge is 0.261 e. The van der Waals surface area contributed by atoms with Gasteiger partial charge in [-0.25, -0.2) is 0 Å². The summed E-state index contributed by atoms with van der Waals surface area (Å²) in [4.78, 5) is 30.0. The molecule has 7 heteroatoms. The summed E-state index contributed by atoms with van der Waals surface area (Å²) in [5.74, 6) is 1.02. The number of aromatic nitrogens is 1. The Bertz CT molecular complexity index is 934. The van der Waals surface area contributed by atoms with E-state index in [2.05, 4.69) is 23.3 Å². The first kappa shape index (κ1) is 22.9. The third-order valence-electron chi connectivity index (χ3n) is 5.97. The first-order valence-electron chi connectivity index (χ1n) is 10.7. The SMILES string of the molecule is COc1cccc(OC)c1C(=O)N1CCN(CC(=O)c2cc(C)n(C(C)C)c2C)CC1. The van der Waals surface area contributed by atoms with E-state index in [-0.39, 0.29) is 11.7 Å². The van der Waals surface area contributed by atoms with Crippen molar-refractivity contribution in [2.75, 3.05) is 46.9 Å². The number of ether oxygens (including phenoxy) is 2. The van der Waals surface area contributed by atoms with E-state index in [1.54, 1.807) is 37.3 Å². The highest BCUT2D eigenvalue weighted by Gasteiger charge is 2.28. The van der Waals surface area contributed by atoms with Crippen molar-refractivity contribution in [3.63, 3.8) is 0 Å². The molecule has 168 valence electrons. The summed E-state index contributed by atoms with van der Waals surface area (Å²) in [6.07, 6.45) is 0.